The van der Waals surface area contributed by atoms with Gasteiger partial charge < -0.3 is 14.4 Å². The molecule has 4 nitrogen and oxygen atoms in total. The van der Waals surface area contributed by atoms with Crippen LogP contribution in [0.2, 0.25) is 0 Å². The number of rotatable bonds is 5. The lowest BCUT2D eigenvalue weighted by Gasteiger charge is -2.39. The number of hydrogen-bond acceptors (Lipinski definition) is 3. The Bertz CT molecular complexity index is 513. The van der Waals surface area contributed by atoms with Crippen molar-refractivity contribution in [2.24, 2.45) is 5.41 Å². The fourth-order valence-corrected chi connectivity index (χ4v) is 2.96. The van der Waals surface area contributed by atoms with E-state index in [4.69, 9.17) is 9.47 Å². The SMILES string of the molecule is CCC(Oc1cccc(OC)c1)C(=O)N1CCCC(C)(C)C1. The molecule has 1 saturated heterocycles. The highest BCUT2D eigenvalue weighted by molar-refractivity contribution is 5.81. The zero-order chi connectivity index (χ0) is 16.2. The zero-order valence-electron chi connectivity index (χ0n) is 14.1. The first-order valence-electron chi connectivity index (χ1n) is 8.04. The van der Waals surface area contributed by atoms with Crippen molar-refractivity contribution >= 4 is 5.91 Å². The standard InChI is InChI=1S/C18H27NO3/c1-5-16(22-15-9-6-8-14(12-15)21-4)17(20)19-11-7-10-18(2,3)13-19/h6,8-9,12,16H,5,7,10-11,13H2,1-4H3. The molecule has 1 unspecified atom stereocenters. The molecule has 122 valence electrons. The molecule has 0 saturated carbocycles. The average Bonchev–Trinajstić information content (AvgIpc) is 2.51. The molecule has 1 fully saturated rings. The van der Waals surface area contributed by atoms with E-state index in [0.29, 0.717) is 12.2 Å². The first kappa shape index (κ1) is 16.7. The summed E-state index contributed by atoms with van der Waals surface area (Å²) < 4.78 is 11.1. The molecular weight excluding hydrogens is 278 g/mol. The van der Waals surface area contributed by atoms with Gasteiger partial charge in [-0.15, -0.1) is 0 Å². The summed E-state index contributed by atoms with van der Waals surface area (Å²) in [7, 11) is 1.62. The van der Waals surface area contributed by atoms with Gasteiger partial charge in [-0.1, -0.05) is 26.8 Å². The van der Waals surface area contributed by atoms with Crippen LogP contribution in [-0.2, 0) is 4.79 Å². The van der Waals surface area contributed by atoms with Crippen LogP contribution in [0.5, 0.6) is 11.5 Å². The van der Waals surface area contributed by atoms with E-state index >= 15 is 0 Å². The van der Waals surface area contributed by atoms with Gasteiger partial charge in [0.05, 0.1) is 7.11 Å². The molecule has 1 atom stereocenters. The van der Waals surface area contributed by atoms with Crippen molar-refractivity contribution in [2.75, 3.05) is 20.2 Å². The second kappa shape index (κ2) is 7.03. The Morgan fingerprint density at radius 2 is 2.09 bits per heavy atom. The van der Waals surface area contributed by atoms with Gasteiger partial charge in [0.15, 0.2) is 6.10 Å². The molecule has 22 heavy (non-hydrogen) atoms. The number of amides is 1. The first-order valence-corrected chi connectivity index (χ1v) is 8.04. The third-order valence-corrected chi connectivity index (χ3v) is 4.18. The molecule has 0 N–H and O–H groups in total. The Morgan fingerprint density at radius 1 is 1.36 bits per heavy atom. The number of piperidine rings is 1. The van der Waals surface area contributed by atoms with Gasteiger partial charge in [0.1, 0.15) is 11.5 Å². The Kier molecular flexibility index (Phi) is 5.33. The summed E-state index contributed by atoms with van der Waals surface area (Å²) in [5, 5.41) is 0. The minimum atomic E-state index is -0.430. The first-order chi connectivity index (χ1) is 10.4. The van der Waals surface area contributed by atoms with E-state index in [1.807, 2.05) is 36.1 Å². The molecular formula is C18H27NO3. The molecule has 1 aliphatic heterocycles. The Balaban J connectivity index is 2.05. The lowest BCUT2D eigenvalue weighted by atomic mass is 9.84. The minimum Gasteiger partial charge on any atom is -0.497 e. The van der Waals surface area contributed by atoms with Crippen LogP contribution >= 0.6 is 0 Å². The number of nitrogens with zero attached hydrogens (tertiary/aromatic N) is 1. The molecule has 0 aliphatic carbocycles. The molecule has 0 radical (unpaired) electrons. The predicted octanol–water partition coefficient (Wildman–Crippen LogP) is 3.50. The topological polar surface area (TPSA) is 38.8 Å². The van der Waals surface area contributed by atoms with E-state index < -0.39 is 6.10 Å². The van der Waals surface area contributed by atoms with Gasteiger partial charge in [-0.05, 0) is 36.8 Å². The normalized spacial score (nSPS) is 18.6. The van der Waals surface area contributed by atoms with Crippen molar-refractivity contribution < 1.29 is 14.3 Å². The van der Waals surface area contributed by atoms with Crippen molar-refractivity contribution in [1.82, 2.24) is 4.90 Å². The Hall–Kier alpha value is -1.71. The van der Waals surface area contributed by atoms with Gasteiger partial charge in [0.25, 0.3) is 5.91 Å². The number of hydrogen-bond donors (Lipinski definition) is 0. The van der Waals surface area contributed by atoms with E-state index in [1.54, 1.807) is 7.11 Å². The molecule has 1 amide bonds. The van der Waals surface area contributed by atoms with E-state index in [-0.39, 0.29) is 11.3 Å². The maximum absolute atomic E-state index is 12.7. The third kappa shape index (κ3) is 4.15. The summed E-state index contributed by atoms with van der Waals surface area (Å²) >= 11 is 0. The lowest BCUT2D eigenvalue weighted by molar-refractivity contribution is -0.142. The molecule has 1 heterocycles. The summed E-state index contributed by atoms with van der Waals surface area (Å²) in [6.07, 6.45) is 2.46. The summed E-state index contributed by atoms with van der Waals surface area (Å²) in [5.74, 6) is 1.51. The largest absolute Gasteiger partial charge is 0.497 e. The zero-order valence-corrected chi connectivity index (χ0v) is 14.1. The molecule has 0 spiro atoms. The van der Waals surface area contributed by atoms with Gasteiger partial charge in [-0.3, -0.25) is 4.79 Å². The second-order valence-corrected chi connectivity index (χ2v) is 6.72. The highest BCUT2D eigenvalue weighted by Crippen LogP contribution is 2.29. The van der Waals surface area contributed by atoms with E-state index in [9.17, 15) is 4.79 Å². The number of carbonyl (C=O) groups is 1. The summed E-state index contributed by atoms with van der Waals surface area (Å²) in [6, 6.07) is 7.41. The van der Waals surface area contributed by atoms with Crippen LogP contribution in [0, 0.1) is 5.41 Å². The van der Waals surface area contributed by atoms with E-state index in [1.165, 1.54) is 6.42 Å². The molecule has 1 aromatic rings. The van der Waals surface area contributed by atoms with Crippen molar-refractivity contribution in [3.8, 4) is 11.5 Å². The molecule has 1 aliphatic rings. The Morgan fingerprint density at radius 3 is 2.73 bits per heavy atom. The summed E-state index contributed by atoms with van der Waals surface area (Å²) in [6.45, 7) is 8.06. The van der Waals surface area contributed by atoms with E-state index in [2.05, 4.69) is 13.8 Å². The highest BCUT2D eigenvalue weighted by Gasteiger charge is 2.32. The van der Waals surface area contributed by atoms with Gasteiger partial charge in [-0.2, -0.15) is 0 Å². The Labute approximate surface area is 133 Å². The van der Waals surface area contributed by atoms with Crippen LogP contribution in [0.1, 0.15) is 40.0 Å². The second-order valence-electron chi connectivity index (χ2n) is 6.72. The van der Waals surface area contributed by atoms with Gasteiger partial charge in [0.2, 0.25) is 0 Å². The maximum atomic E-state index is 12.7. The van der Waals surface area contributed by atoms with Crippen LogP contribution < -0.4 is 9.47 Å². The highest BCUT2D eigenvalue weighted by atomic mass is 16.5. The number of likely N-dealkylation sites (tertiary alicyclic amines) is 1. The molecule has 2 rings (SSSR count). The van der Waals surface area contributed by atoms with Gasteiger partial charge >= 0.3 is 0 Å². The molecule has 1 aromatic carbocycles. The third-order valence-electron chi connectivity index (χ3n) is 4.18. The maximum Gasteiger partial charge on any atom is 0.263 e. The number of ether oxygens (including phenoxy) is 2. The minimum absolute atomic E-state index is 0.0955. The number of methoxy groups -OCH3 is 1. The van der Waals surface area contributed by atoms with Gasteiger partial charge in [-0.25, -0.2) is 0 Å². The number of carbonyl (C=O) groups excluding carboxylic acids is 1. The molecule has 4 heteroatoms. The van der Waals surface area contributed by atoms with Gasteiger partial charge in [0, 0.05) is 19.2 Å². The summed E-state index contributed by atoms with van der Waals surface area (Å²) in [4.78, 5) is 14.7. The van der Waals surface area contributed by atoms with Crippen LogP contribution in [0.25, 0.3) is 0 Å². The fourth-order valence-electron chi connectivity index (χ4n) is 2.96. The summed E-state index contributed by atoms with van der Waals surface area (Å²) in [5.41, 5.74) is 0.197. The lowest BCUT2D eigenvalue weighted by Crippen LogP contribution is -2.48. The van der Waals surface area contributed by atoms with Crippen molar-refractivity contribution in [1.29, 1.82) is 0 Å². The fraction of sp³-hybridized carbons (Fsp3) is 0.611. The monoisotopic (exact) mass is 305 g/mol. The predicted molar refractivity (Wildman–Crippen MR) is 87.3 cm³/mol. The quantitative estimate of drug-likeness (QED) is 0.835. The smallest absolute Gasteiger partial charge is 0.263 e. The van der Waals surface area contributed by atoms with Crippen LogP contribution in [0.15, 0.2) is 24.3 Å². The molecule has 0 bridgehead atoms. The average molecular weight is 305 g/mol. The van der Waals surface area contributed by atoms with Crippen LogP contribution in [-0.4, -0.2) is 37.1 Å². The van der Waals surface area contributed by atoms with Crippen LogP contribution in [0.4, 0.5) is 0 Å². The number of benzene rings is 1. The van der Waals surface area contributed by atoms with Crippen LogP contribution in [0.3, 0.4) is 0 Å². The molecule has 0 aromatic heterocycles. The van der Waals surface area contributed by atoms with E-state index in [0.717, 1.165) is 25.3 Å². The van der Waals surface area contributed by atoms with Crippen molar-refractivity contribution in [2.45, 2.75) is 46.1 Å². The van der Waals surface area contributed by atoms with Crippen molar-refractivity contribution in [3.63, 3.8) is 0 Å². The van der Waals surface area contributed by atoms with Crippen molar-refractivity contribution in [3.05, 3.63) is 24.3 Å².